The Bertz CT molecular complexity index is 2230. The Balaban J connectivity index is 0.00000898. The summed E-state index contributed by atoms with van der Waals surface area (Å²) in [5.41, 5.74) is 3.20. The summed E-state index contributed by atoms with van der Waals surface area (Å²) in [6.45, 7) is 14.3. The monoisotopic (exact) mass is 936 g/mol. The molecule has 1 amide bonds. The van der Waals surface area contributed by atoms with Gasteiger partial charge in [0.1, 0.15) is 0 Å². The third kappa shape index (κ3) is 9.06. The first-order valence-electron chi connectivity index (χ1n) is 21.4. The summed E-state index contributed by atoms with van der Waals surface area (Å²) in [6.07, 6.45) is -0.715. The molecule has 353 valence electrons. The number of rotatable bonds is 18. The Labute approximate surface area is 382 Å². The van der Waals surface area contributed by atoms with Gasteiger partial charge in [-0.15, -0.1) is 0 Å². The maximum atomic E-state index is 13.3. The summed E-state index contributed by atoms with van der Waals surface area (Å²) in [5.74, 6) is -10.4. The van der Waals surface area contributed by atoms with E-state index in [-0.39, 0.29) is 81.0 Å². The number of fused-ring (bicyclic) bond motifs is 6. The molecule has 9 atom stereocenters. The second-order valence-electron chi connectivity index (χ2n) is 19.6. The summed E-state index contributed by atoms with van der Waals surface area (Å²) < 4.78 is 0. The van der Waals surface area contributed by atoms with E-state index in [4.69, 9.17) is 26.1 Å². The van der Waals surface area contributed by atoms with E-state index in [2.05, 4.69) is 5.32 Å². The van der Waals surface area contributed by atoms with Gasteiger partial charge >= 0.3 is 29.8 Å². The Hall–Kier alpha value is -5.17. The average Bonchev–Trinajstić information content (AvgIpc) is 3.75. The van der Waals surface area contributed by atoms with Gasteiger partial charge in [0.15, 0.2) is 0 Å². The molecule has 8 bridgehead atoms. The topological polar surface area (TPSA) is 326 Å². The molecule has 5 heterocycles. The van der Waals surface area contributed by atoms with Gasteiger partial charge in [0.2, 0.25) is 5.91 Å². The van der Waals surface area contributed by atoms with Crippen molar-refractivity contribution in [1.29, 1.82) is 5.41 Å². The number of nitrogens with zero attached hydrogens (tertiary/aromatic N) is 3. The Morgan fingerprint density at radius 3 is 1.80 bits per heavy atom. The zero-order valence-electron chi connectivity index (χ0n) is 37.6. The van der Waals surface area contributed by atoms with Crippen molar-refractivity contribution in [2.75, 3.05) is 0 Å². The fourth-order valence-corrected chi connectivity index (χ4v) is 11.8. The van der Waals surface area contributed by atoms with Gasteiger partial charge in [-0.2, -0.15) is 0 Å². The zero-order valence-corrected chi connectivity index (χ0v) is 38.6. The van der Waals surface area contributed by atoms with Crippen LogP contribution in [-0.4, -0.2) is 95.9 Å². The molecule has 0 aromatic carbocycles. The molecule has 0 unspecified atom stereocenters. The van der Waals surface area contributed by atoms with Gasteiger partial charge in [-0.1, -0.05) is 34.6 Å². The number of primary amides is 1. The predicted octanol–water partition coefficient (Wildman–Crippen LogP) is 4.57. The van der Waals surface area contributed by atoms with Gasteiger partial charge in [0.25, 0.3) is 0 Å². The zero-order chi connectivity index (χ0) is 47.4. The summed E-state index contributed by atoms with van der Waals surface area (Å²) >= 11 is 0. The van der Waals surface area contributed by atoms with Crippen LogP contribution in [0.15, 0.2) is 49.3 Å². The minimum absolute atomic E-state index is 0. The van der Waals surface area contributed by atoms with E-state index in [0.717, 1.165) is 0 Å². The standard InChI is InChI=1S/C45H62N6O12.Co/c1-21-36-24(10-13-32(56)57)41(3,4)28(49-36)18-27-23(9-12-31(54)55)43(6,19-29(46)52)39(48-27)22(2)37-25(11-14-33(58)59)44(7,20-30(47)53)45(8,51-37)40-26(17-35(62)63)42(5,38(21)50-40)16-15-34(60)61;/h18,23-26,40,48H,9-17,19-20H2,1-8H3,(H2,46,52)(H2,47,53)(H,54,55)(H,56,57)(H,58,59)(H,60,61)(H,62,63);/p-1/t23-,24-,25-,26+,40-,42-,43+,44+,45+;/m1./s1. The van der Waals surface area contributed by atoms with Crippen LogP contribution < -0.4 is 16.2 Å². The number of aliphatic imine (C=N–C) groups is 3. The third-order valence-electron chi connectivity index (χ3n) is 15.3. The number of carboxylic acid groups (broad SMARTS) is 5. The predicted molar refractivity (Wildman–Crippen MR) is 229 cm³/mol. The van der Waals surface area contributed by atoms with Crippen molar-refractivity contribution in [3.8, 4) is 0 Å². The first-order valence-corrected chi connectivity index (χ1v) is 21.4. The summed E-state index contributed by atoms with van der Waals surface area (Å²) in [6, 6.07) is -1.08. The number of amides is 1. The van der Waals surface area contributed by atoms with E-state index < -0.39 is 105 Å². The van der Waals surface area contributed by atoms with Gasteiger partial charge < -0.3 is 47.1 Å². The molecular weight excluding hydrogens is 875 g/mol. The number of allylic oxidation sites excluding steroid dienone is 6. The molecule has 18 nitrogen and oxygen atoms in total. The van der Waals surface area contributed by atoms with Crippen molar-refractivity contribution in [3.05, 3.63) is 34.3 Å². The van der Waals surface area contributed by atoms with Crippen molar-refractivity contribution in [1.82, 2.24) is 5.32 Å². The van der Waals surface area contributed by atoms with Gasteiger partial charge in [-0.05, 0) is 76.0 Å². The molecule has 5 rings (SSSR count). The van der Waals surface area contributed by atoms with Crippen molar-refractivity contribution < 1.29 is 76.2 Å². The molecule has 9 N–H and O–H groups in total. The number of hydrogen-bond acceptors (Lipinski definition) is 12. The molecule has 5 aliphatic rings. The van der Waals surface area contributed by atoms with E-state index in [9.17, 15) is 59.4 Å². The van der Waals surface area contributed by atoms with Crippen LogP contribution in [0.25, 0.3) is 0 Å². The van der Waals surface area contributed by atoms with E-state index >= 15 is 0 Å². The minimum atomic E-state index is -1.53. The number of nitrogens with one attached hydrogen (secondary N) is 2. The van der Waals surface area contributed by atoms with Crippen molar-refractivity contribution in [2.24, 2.45) is 66.0 Å². The number of hydrogen-bond donors (Lipinski definition) is 8. The third-order valence-corrected chi connectivity index (χ3v) is 15.3. The van der Waals surface area contributed by atoms with E-state index in [1.54, 1.807) is 47.6 Å². The fraction of sp³-hybridized carbons (Fsp3) is 0.644. The molecule has 1 radical (unpaired) electrons. The normalized spacial score (nSPS) is 32.5. The Morgan fingerprint density at radius 1 is 0.766 bits per heavy atom. The molecule has 0 aromatic rings. The number of carbonyl (C=O) groups excluding carboxylic acids is 1. The minimum Gasteiger partial charge on any atom is -0.862 e. The smallest absolute Gasteiger partial charge is 0.303 e. The van der Waals surface area contributed by atoms with Crippen LogP contribution >= 0.6 is 0 Å². The number of carbonyl (C=O) groups is 6. The van der Waals surface area contributed by atoms with Crippen molar-refractivity contribution in [2.45, 2.75) is 138 Å². The molecule has 0 aromatic heterocycles. The number of nitrogens with two attached hydrogens (primary N) is 1. The second kappa shape index (κ2) is 18.4. The van der Waals surface area contributed by atoms with Gasteiger partial charge in [0, 0.05) is 128 Å². The summed E-state index contributed by atoms with van der Waals surface area (Å²) in [5, 5.41) is 75.3. The van der Waals surface area contributed by atoms with Gasteiger partial charge in [0.05, 0.1) is 18.0 Å². The fourth-order valence-electron chi connectivity index (χ4n) is 11.8. The van der Waals surface area contributed by atoms with E-state index in [1.165, 1.54) is 0 Å². The molecule has 0 spiro atoms. The second-order valence-corrected chi connectivity index (χ2v) is 19.6. The number of aliphatic carboxylic acids is 5. The first-order chi connectivity index (χ1) is 29.0. The van der Waals surface area contributed by atoms with Gasteiger partial charge in [-0.25, -0.2) is 0 Å². The average molecular weight is 937 g/mol. The maximum absolute atomic E-state index is 13.3. The molecule has 0 aliphatic carbocycles. The van der Waals surface area contributed by atoms with E-state index in [0.29, 0.717) is 45.4 Å². The van der Waals surface area contributed by atoms with Crippen LogP contribution in [0.5, 0.6) is 0 Å². The van der Waals surface area contributed by atoms with Crippen LogP contribution in [0.1, 0.15) is 126 Å². The van der Waals surface area contributed by atoms with Crippen LogP contribution in [0.4, 0.5) is 0 Å². The largest absolute Gasteiger partial charge is 0.862 e. The summed E-state index contributed by atoms with van der Waals surface area (Å²) in [7, 11) is 0. The molecule has 5 aliphatic heterocycles. The Morgan fingerprint density at radius 2 is 1.30 bits per heavy atom. The molecule has 0 saturated carbocycles. The molecular formula is C45H61CoN6O12-. The van der Waals surface area contributed by atoms with Crippen LogP contribution in [-0.2, 0) is 45.5 Å². The van der Waals surface area contributed by atoms with Crippen molar-refractivity contribution >= 4 is 58.8 Å². The Kier molecular flexibility index (Phi) is 14.8. The van der Waals surface area contributed by atoms with Crippen molar-refractivity contribution in [3.63, 3.8) is 0 Å². The SMILES string of the molecule is CC1=C2N=C(C=C3NC(=C(C)C4=N[C@@](C)([C@@H]5N=C1[C@](C)(CCC(=O)O)[C@H]5CC(=O)O)[C@@](C)(CC(N)=O)[C@@H]4CCC(=O)O)[C@@](C)(CC(=N)[O-])[C@@H]3CCC(=O)O)C(C)(C)[C@@H]2CCC(=O)O.[Co]. The molecule has 1 fully saturated rings. The van der Waals surface area contributed by atoms with Crippen LogP contribution in [0, 0.1) is 50.7 Å². The first kappa shape index (κ1) is 51.5. The maximum Gasteiger partial charge on any atom is 0.303 e. The summed E-state index contributed by atoms with van der Waals surface area (Å²) in [4.78, 5) is 91.3. The molecule has 1 saturated heterocycles. The van der Waals surface area contributed by atoms with Gasteiger partial charge in [-0.3, -0.25) is 43.7 Å². The quantitative estimate of drug-likeness (QED) is 0.0691. The van der Waals surface area contributed by atoms with E-state index in [1.807, 2.05) is 13.8 Å². The van der Waals surface area contributed by atoms with Crippen LogP contribution in [0.2, 0.25) is 0 Å². The van der Waals surface area contributed by atoms with Crippen LogP contribution in [0.3, 0.4) is 0 Å². The molecule has 19 heteroatoms. The number of carboxylic acids is 5. The molecule has 64 heavy (non-hydrogen) atoms.